The third kappa shape index (κ3) is 4.56. The van der Waals surface area contributed by atoms with Gasteiger partial charge in [-0.2, -0.15) is 0 Å². The summed E-state index contributed by atoms with van der Waals surface area (Å²) in [4.78, 5) is 27.9. The first-order valence-corrected chi connectivity index (χ1v) is 10.3. The third-order valence-corrected chi connectivity index (χ3v) is 6.47. The molecular formula is C21H28ClF2N3O2. The van der Waals surface area contributed by atoms with Crippen molar-refractivity contribution in [2.75, 3.05) is 13.1 Å². The molecule has 4 rings (SSSR count). The lowest BCUT2D eigenvalue weighted by Gasteiger charge is -2.34. The van der Waals surface area contributed by atoms with Gasteiger partial charge in [0.15, 0.2) is 0 Å². The van der Waals surface area contributed by atoms with Crippen LogP contribution in [0.25, 0.3) is 0 Å². The van der Waals surface area contributed by atoms with Crippen LogP contribution in [0.5, 0.6) is 0 Å². The molecule has 8 heteroatoms. The predicted molar refractivity (Wildman–Crippen MR) is 108 cm³/mol. The molecule has 0 radical (unpaired) electrons. The van der Waals surface area contributed by atoms with E-state index in [1.54, 1.807) is 4.90 Å². The van der Waals surface area contributed by atoms with Crippen molar-refractivity contribution in [1.82, 2.24) is 15.5 Å². The summed E-state index contributed by atoms with van der Waals surface area (Å²) >= 11 is 0. The van der Waals surface area contributed by atoms with E-state index in [0.29, 0.717) is 6.42 Å². The number of likely N-dealkylation sites (tertiary alicyclic amines) is 1. The number of piperidine rings is 1. The normalized spacial score (nSPS) is 27.1. The molecule has 0 bridgehead atoms. The molecule has 1 aliphatic carbocycles. The molecule has 1 saturated carbocycles. The summed E-state index contributed by atoms with van der Waals surface area (Å²) in [6, 6.07) is 2.48. The second-order valence-electron chi connectivity index (χ2n) is 8.23. The molecule has 160 valence electrons. The van der Waals surface area contributed by atoms with Gasteiger partial charge in [0.2, 0.25) is 5.91 Å². The maximum Gasteiger partial charge on any atom is 0.257 e. The minimum absolute atomic E-state index is 0. The van der Waals surface area contributed by atoms with Crippen molar-refractivity contribution < 1.29 is 18.4 Å². The van der Waals surface area contributed by atoms with Crippen molar-refractivity contribution in [3.8, 4) is 0 Å². The van der Waals surface area contributed by atoms with Gasteiger partial charge in [0.1, 0.15) is 17.7 Å². The van der Waals surface area contributed by atoms with Crippen molar-refractivity contribution in [2.45, 2.75) is 63.1 Å². The zero-order valence-corrected chi connectivity index (χ0v) is 17.1. The zero-order chi connectivity index (χ0) is 19.7. The van der Waals surface area contributed by atoms with Gasteiger partial charge in [-0.15, -0.1) is 12.4 Å². The highest BCUT2D eigenvalue weighted by Crippen LogP contribution is 2.40. The Bertz CT molecular complexity index is 757. The summed E-state index contributed by atoms with van der Waals surface area (Å²) in [5, 5.41) is 6.37. The SMILES string of the molecule is Cl.O=C(NC1CCNCC1)C1CC2CCCCC2N1C(=O)c1ccc(F)cc1F. The predicted octanol–water partition coefficient (Wildman–Crippen LogP) is 3.03. The Morgan fingerprint density at radius 3 is 2.52 bits per heavy atom. The molecule has 2 heterocycles. The van der Waals surface area contributed by atoms with Gasteiger partial charge in [0.05, 0.1) is 5.56 Å². The quantitative estimate of drug-likeness (QED) is 0.779. The number of fused-ring (bicyclic) bond motifs is 1. The molecule has 29 heavy (non-hydrogen) atoms. The topological polar surface area (TPSA) is 61.4 Å². The van der Waals surface area contributed by atoms with Crippen LogP contribution in [0.15, 0.2) is 18.2 Å². The summed E-state index contributed by atoms with van der Waals surface area (Å²) in [6.07, 6.45) is 6.26. The van der Waals surface area contributed by atoms with Gasteiger partial charge in [-0.25, -0.2) is 8.78 Å². The van der Waals surface area contributed by atoms with Crippen LogP contribution in [-0.4, -0.2) is 47.9 Å². The second kappa shape index (κ2) is 9.39. The van der Waals surface area contributed by atoms with E-state index in [4.69, 9.17) is 0 Å². The van der Waals surface area contributed by atoms with Crippen molar-refractivity contribution in [3.05, 3.63) is 35.4 Å². The number of benzene rings is 1. The van der Waals surface area contributed by atoms with Crippen LogP contribution < -0.4 is 10.6 Å². The van der Waals surface area contributed by atoms with Crippen LogP contribution in [0.1, 0.15) is 55.3 Å². The molecular weight excluding hydrogens is 400 g/mol. The number of halogens is 3. The van der Waals surface area contributed by atoms with E-state index in [0.717, 1.165) is 63.7 Å². The van der Waals surface area contributed by atoms with Crippen LogP contribution in [0.2, 0.25) is 0 Å². The van der Waals surface area contributed by atoms with Gasteiger partial charge >= 0.3 is 0 Å². The zero-order valence-electron chi connectivity index (χ0n) is 16.3. The number of nitrogens with zero attached hydrogens (tertiary/aromatic N) is 1. The molecule has 2 aliphatic heterocycles. The van der Waals surface area contributed by atoms with E-state index < -0.39 is 23.6 Å². The van der Waals surface area contributed by atoms with E-state index in [2.05, 4.69) is 10.6 Å². The smallest absolute Gasteiger partial charge is 0.257 e. The highest BCUT2D eigenvalue weighted by molar-refractivity contribution is 5.98. The molecule has 3 aliphatic rings. The summed E-state index contributed by atoms with van der Waals surface area (Å²) in [6.45, 7) is 1.73. The van der Waals surface area contributed by atoms with Crippen LogP contribution in [0.3, 0.4) is 0 Å². The minimum atomic E-state index is -0.873. The third-order valence-electron chi connectivity index (χ3n) is 6.47. The summed E-state index contributed by atoms with van der Waals surface area (Å²) in [7, 11) is 0. The molecule has 3 unspecified atom stereocenters. The van der Waals surface area contributed by atoms with Gasteiger partial charge < -0.3 is 15.5 Å². The number of carbonyl (C=O) groups excluding carboxylic acids is 2. The molecule has 2 saturated heterocycles. The highest BCUT2D eigenvalue weighted by atomic mass is 35.5. The molecule has 2 amide bonds. The van der Waals surface area contributed by atoms with Crippen molar-refractivity contribution >= 4 is 24.2 Å². The molecule has 3 atom stereocenters. The Labute approximate surface area is 176 Å². The number of hydrogen-bond donors (Lipinski definition) is 2. The van der Waals surface area contributed by atoms with E-state index in [1.165, 1.54) is 6.07 Å². The van der Waals surface area contributed by atoms with Gasteiger partial charge in [0.25, 0.3) is 5.91 Å². The Balaban J connectivity index is 0.00000240. The maximum atomic E-state index is 14.3. The van der Waals surface area contributed by atoms with Gasteiger partial charge in [-0.1, -0.05) is 12.8 Å². The molecule has 0 aromatic heterocycles. The molecule has 0 spiro atoms. The van der Waals surface area contributed by atoms with Crippen LogP contribution in [-0.2, 0) is 4.79 Å². The van der Waals surface area contributed by atoms with Gasteiger partial charge in [0, 0.05) is 18.2 Å². The van der Waals surface area contributed by atoms with Crippen LogP contribution >= 0.6 is 12.4 Å². The fraction of sp³-hybridized carbons (Fsp3) is 0.619. The van der Waals surface area contributed by atoms with E-state index in [9.17, 15) is 18.4 Å². The first kappa shape index (κ1) is 22.0. The lowest BCUT2D eigenvalue weighted by atomic mass is 9.84. The average Bonchev–Trinajstić information content (AvgIpc) is 3.08. The first-order chi connectivity index (χ1) is 13.5. The Morgan fingerprint density at radius 2 is 1.79 bits per heavy atom. The minimum Gasteiger partial charge on any atom is -0.351 e. The number of rotatable bonds is 3. The molecule has 3 fully saturated rings. The fourth-order valence-corrected chi connectivity index (χ4v) is 5.05. The van der Waals surface area contributed by atoms with Gasteiger partial charge in [-0.05, 0) is 63.2 Å². The number of amides is 2. The van der Waals surface area contributed by atoms with E-state index >= 15 is 0 Å². The fourth-order valence-electron chi connectivity index (χ4n) is 5.05. The lowest BCUT2D eigenvalue weighted by Crippen LogP contribution is -2.53. The lowest BCUT2D eigenvalue weighted by molar-refractivity contribution is -0.126. The highest BCUT2D eigenvalue weighted by Gasteiger charge is 2.48. The van der Waals surface area contributed by atoms with Crippen molar-refractivity contribution in [3.63, 3.8) is 0 Å². The first-order valence-electron chi connectivity index (χ1n) is 10.3. The monoisotopic (exact) mass is 427 g/mol. The molecule has 1 aromatic carbocycles. The van der Waals surface area contributed by atoms with Crippen molar-refractivity contribution in [2.24, 2.45) is 5.92 Å². The molecule has 5 nitrogen and oxygen atoms in total. The standard InChI is InChI=1S/C21H27F2N3O2.ClH/c22-14-5-6-16(17(23)12-14)21(28)26-18-4-2-1-3-13(18)11-19(26)20(27)25-15-7-9-24-10-8-15;/h5-6,12-13,15,18-19,24H,1-4,7-11H2,(H,25,27);1H. The summed E-state index contributed by atoms with van der Waals surface area (Å²) < 4.78 is 27.6. The van der Waals surface area contributed by atoms with Gasteiger partial charge in [-0.3, -0.25) is 9.59 Å². The summed E-state index contributed by atoms with van der Waals surface area (Å²) in [5.41, 5.74) is -0.160. The maximum absolute atomic E-state index is 14.3. The largest absolute Gasteiger partial charge is 0.351 e. The van der Waals surface area contributed by atoms with Crippen LogP contribution in [0.4, 0.5) is 8.78 Å². The number of carbonyl (C=O) groups is 2. The number of hydrogen-bond acceptors (Lipinski definition) is 3. The van der Waals surface area contributed by atoms with E-state index in [-0.39, 0.29) is 41.9 Å². The van der Waals surface area contributed by atoms with E-state index in [1.807, 2.05) is 0 Å². The summed E-state index contributed by atoms with van der Waals surface area (Å²) in [5.74, 6) is -1.97. The number of nitrogens with one attached hydrogen (secondary N) is 2. The Morgan fingerprint density at radius 1 is 1.07 bits per heavy atom. The van der Waals surface area contributed by atoms with Crippen molar-refractivity contribution in [1.29, 1.82) is 0 Å². The van der Waals surface area contributed by atoms with Crippen LogP contribution in [0, 0.1) is 17.6 Å². The Hall–Kier alpha value is -1.73. The average molecular weight is 428 g/mol. The second-order valence-corrected chi connectivity index (χ2v) is 8.23. The molecule has 2 N–H and O–H groups in total. The molecule has 1 aromatic rings. The Kier molecular flexibility index (Phi) is 7.11.